The van der Waals surface area contributed by atoms with Crippen LogP contribution in [-0.2, 0) is 11.8 Å². The number of hydrogen-bond acceptors (Lipinski definition) is 4. The van der Waals surface area contributed by atoms with E-state index in [0.717, 1.165) is 25.9 Å². The topological polar surface area (TPSA) is 76.4 Å². The fourth-order valence-corrected chi connectivity index (χ4v) is 2.50. The monoisotopic (exact) mass is 267 g/mol. The SMILES string of the molecule is Cc1nn(C)c(NCCC2CCCCO2)c1C(=O)O. The molecule has 0 aromatic carbocycles. The van der Waals surface area contributed by atoms with Crippen LogP contribution in [0.25, 0.3) is 0 Å². The number of hydrogen-bond donors (Lipinski definition) is 2. The number of aromatic nitrogens is 2. The molecular weight excluding hydrogens is 246 g/mol. The van der Waals surface area contributed by atoms with Gasteiger partial charge in [-0.1, -0.05) is 0 Å². The Bertz CT molecular complexity index is 450. The van der Waals surface area contributed by atoms with Crippen LogP contribution in [0.2, 0.25) is 0 Å². The summed E-state index contributed by atoms with van der Waals surface area (Å²) in [7, 11) is 1.75. The molecule has 0 saturated carbocycles. The van der Waals surface area contributed by atoms with Crippen molar-refractivity contribution in [2.75, 3.05) is 18.5 Å². The summed E-state index contributed by atoms with van der Waals surface area (Å²) in [6.45, 7) is 3.25. The van der Waals surface area contributed by atoms with Crippen molar-refractivity contribution < 1.29 is 14.6 Å². The zero-order valence-corrected chi connectivity index (χ0v) is 11.5. The van der Waals surface area contributed by atoms with Gasteiger partial charge in [0.15, 0.2) is 0 Å². The minimum absolute atomic E-state index is 0.257. The summed E-state index contributed by atoms with van der Waals surface area (Å²) in [4.78, 5) is 11.2. The fourth-order valence-electron chi connectivity index (χ4n) is 2.50. The molecule has 1 aliphatic heterocycles. The van der Waals surface area contributed by atoms with Crippen molar-refractivity contribution in [1.29, 1.82) is 0 Å². The Hall–Kier alpha value is -1.56. The van der Waals surface area contributed by atoms with E-state index >= 15 is 0 Å². The van der Waals surface area contributed by atoms with E-state index in [0.29, 0.717) is 24.2 Å². The largest absolute Gasteiger partial charge is 0.477 e. The van der Waals surface area contributed by atoms with Gasteiger partial charge in [0.25, 0.3) is 0 Å². The predicted octanol–water partition coefficient (Wildman–Crippen LogP) is 1.80. The smallest absolute Gasteiger partial charge is 0.341 e. The van der Waals surface area contributed by atoms with Crippen LogP contribution >= 0.6 is 0 Å². The van der Waals surface area contributed by atoms with Crippen molar-refractivity contribution in [3.05, 3.63) is 11.3 Å². The Balaban J connectivity index is 1.93. The van der Waals surface area contributed by atoms with Gasteiger partial charge in [0, 0.05) is 20.2 Å². The van der Waals surface area contributed by atoms with E-state index in [2.05, 4.69) is 10.4 Å². The van der Waals surface area contributed by atoms with Gasteiger partial charge in [0.2, 0.25) is 0 Å². The van der Waals surface area contributed by atoms with Crippen molar-refractivity contribution in [3.8, 4) is 0 Å². The van der Waals surface area contributed by atoms with Gasteiger partial charge in [-0.05, 0) is 32.6 Å². The van der Waals surface area contributed by atoms with Crippen LogP contribution in [0.4, 0.5) is 5.82 Å². The van der Waals surface area contributed by atoms with E-state index in [4.69, 9.17) is 4.74 Å². The van der Waals surface area contributed by atoms with Gasteiger partial charge in [0.1, 0.15) is 11.4 Å². The molecule has 1 atom stereocenters. The number of anilines is 1. The van der Waals surface area contributed by atoms with Gasteiger partial charge in [-0.2, -0.15) is 5.10 Å². The summed E-state index contributed by atoms with van der Waals surface area (Å²) < 4.78 is 7.23. The molecule has 0 radical (unpaired) electrons. The lowest BCUT2D eigenvalue weighted by Crippen LogP contribution is -2.22. The molecule has 1 fully saturated rings. The molecular formula is C13H21N3O3. The number of carbonyl (C=O) groups is 1. The third-order valence-electron chi connectivity index (χ3n) is 3.47. The third-order valence-corrected chi connectivity index (χ3v) is 3.47. The van der Waals surface area contributed by atoms with Crippen molar-refractivity contribution >= 4 is 11.8 Å². The van der Waals surface area contributed by atoms with Gasteiger partial charge < -0.3 is 15.2 Å². The van der Waals surface area contributed by atoms with Crippen molar-refractivity contribution in [3.63, 3.8) is 0 Å². The molecule has 2 heterocycles. The summed E-state index contributed by atoms with van der Waals surface area (Å²) >= 11 is 0. The van der Waals surface area contributed by atoms with Crippen LogP contribution in [0, 0.1) is 6.92 Å². The third kappa shape index (κ3) is 3.26. The van der Waals surface area contributed by atoms with E-state index in [1.54, 1.807) is 18.7 Å². The van der Waals surface area contributed by atoms with Crippen LogP contribution in [0.15, 0.2) is 0 Å². The Morgan fingerprint density at radius 3 is 3.00 bits per heavy atom. The first-order valence-corrected chi connectivity index (χ1v) is 6.72. The highest BCUT2D eigenvalue weighted by molar-refractivity contribution is 5.94. The molecule has 1 aromatic rings. The quantitative estimate of drug-likeness (QED) is 0.850. The first-order chi connectivity index (χ1) is 9.09. The summed E-state index contributed by atoms with van der Waals surface area (Å²) in [6.07, 6.45) is 4.65. The lowest BCUT2D eigenvalue weighted by atomic mass is 10.1. The molecule has 0 amide bonds. The van der Waals surface area contributed by atoms with Crippen molar-refractivity contribution in [2.24, 2.45) is 7.05 Å². The highest BCUT2D eigenvalue weighted by atomic mass is 16.5. The van der Waals surface area contributed by atoms with E-state index in [1.807, 2.05) is 0 Å². The Morgan fingerprint density at radius 1 is 1.58 bits per heavy atom. The minimum Gasteiger partial charge on any atom is -0.477 e. The molecule has 6 nitrogen and oxygen atoms in total. The van der Waals surface area contributed by atoms with Gasteiger partial charge >= 0.3 is 5.97 Å². The molecule has 0 spiro atoms. The average Bonchev–Trinajstić information content (AvgIpc) is 2.65. The van der Waals surface area contributed by atoms with Gasteiger partial charge in [-0.3, -0.25) is 4.68 Å². The zero-order valence-electron chi connectivity index (χ0n) is 11.5. The van der Waals surface area contributed by atoms with Crippen LogP contribution in [0.1, 0.15) is 41.7 Å². The second-order valence-electron chi connectivity index (χ2n) is 4.94. The average molecular weight is 267 g/mol. The Kier molecular flexibility index (Phi) is 4.42. The lowest BCUT2D eigenvalue weighted by molar-refractivity contribution is 0.0134. The molecule has 0 bridgehead atoms. The normalized spacial score (nSPS) is 19.4. The lowest BCUT2D eigenvalue weighted by Gasteiger charge is -2.22. The van der Waals surface area contributed by atoms with E-state index < -0.39 is 5.97 Å². The van der Waals surface area contributed by atoms with Gasteiger partial charge in [0.05, 0.1) is 11.8 Å². The molecule has 106 valence electrons. The van der Waals surface area contributed by atoms with E-state index in [1.165, 1.54) is 6.42 Å². The van der Waals surface area contributed by atoms with Crippen LogP contribution in [0.3, 0.4) is 0 Å². The summed E-state index contributed by atoms with van der Waals surface area (Å²) in [5.74, 6) is -0.372. The van der Waals surface area contributed by atoms with Crippen LogP contribution in [0.5, 0.6) is 0 Å². The van der Waals surface area contributed by atoms with E-state index in [-0.39, 0.29) is 5.56 Å². The maximum atomic E-state index is 11.2. The molecule has 1 unspecified atom stereocenters. The summed E-state index contributed by atoms with van der Waals surface area (Å²) in [5, 5.41) is 16.5. The first kappa shape index (κ1) is 13.9. The van der Waals surface area contributed by atoms with Crippen LogP contribution in [-0.4, -0.2) is 40.1 Å². The summed E-state index contributed by atoms with van der Waals surface area (Å²) in [5.41, 5.74) is 0.790. The number of aryl methyl sites for hydroxylation is 2. The highest BCUT2D eigenvalue weighted by Crippen LogP contribution is 2.20. The fraction of sp³-hybridized carbons (Fsp3) is 0.692. The number of carboxylic acid groups (broad SMARTS) is 1. The molecule has 2 rings (SSSR count). The standard InChI is InChI=1S/C13H21N3O3/c1-9-11(13(17)18)12(16(2)15-9)14-7-6-10-5-3-4-8-19-10/h10,14H,3-8H2,1-2H3,(H,17,18). The van der Waals surface area contributed by atoms with E-state index in [9.17, 15) is 9.90 Å². The van der Waals surface area contributed by atoms with Crippen molar-refractivity contribution in [1.82, 2.24) is 9.78 Å². The molecule has 6 heteroatoms. The predicted molar refractivity (Wildman–Crippen MR) is 71.6 cm³/mol. The number of ether oxygens (including phenoxy) is 1. The molecule has 19 heavy (non-hydrogen) atoms. The van der Waals surface area contributed by atoms with Crippen LogP contribution < -0.4 is 5.32 Å². The minimum atomic E-state index is -0.943. The highest BCUT2D eigenvalue weighted by Gasteiger charge is 2.20. The van der Waals surface area contributed by atoms with Crippen molar-refractivity contribution in [2.45, 2.75) is 38.7 Å². The molecule has 1 saturated heterocycles. The zero-order chi connectivity index (χ0) is 13.8. The number of carboxylic acids is 1. The molecule has 1 aromatic heterocycles. The maximum absolute atomic E-state index is 11.2. The Morgan fingerprint density at radius 2 is 2.37 bits per heavy atom. The second kappa shape index (κ2) is 6.06. The molecule has 1 aliphatic rings. The number of aromatic carboxylic acids is 1. The first-order valence-electron chi connectivity index (χ1n) is 6.72. The van der Waals surface area contributed by atoms with Gasteiger partial charge in [-0.25, -0.2) is 4.79 Å². The Labute approximate surface area is 112 Å². The number of nitrogens with zero attached hydrogens (tertiary/aromatic N) is 2. The van der Waals surface area contributed by atoms with Gasteiger partial charge in [-0.15, -0.1) is 0 Å². The molecule has 0 aliphatic carbocycles. The number of nitrogens with one attached hydrogen (secondary N) is 1. The maximum Gasteiger partial charge on any atom is 0.341 e. The number of rotatable bonds is 5. The molecule has 2 N–H and O–H groups in total. The second-order valence-corrected chi connectivity index (χ2v) is 4.94. The summed E-state index contributed by atoms with van der Waals surface area (Å²) in [6, 6.07) is 0.